The summed E-state index contributed by atoms with van der Waals surface area (Å²) in [5.41, 5.74) is -0.402. The molecule has 128 valence electrons. The highest BCUT2D eigenvalue weighted by atomic mass is 16.5. The first-order valence-electron chi connectivity index (χ1n) is 8.02. The second-order valence-corrected chi connectivity index (χ2v) is 6.57. The van der Waals surface area contributed by atoms with E-state index >= 15 is 0 Å². The van der Waals surface area contributed by atoms with E-state index in [0.29, 0.717) is 35.8 Å². The lowest BCUT2D eigenvalue weighted by molar-refractivity contribution is -0.146. The highest BCUT2D eigenvalue weighted by molar-refractivity contribution is 6.00. The van der Waals surface area contributed by atoms with Gasteiger partial charge in [0, 0.05) is 5.56 Å². The number of hydrogen-bond acceptors (Lipinski definition) is 4. The molecule has 3 rings (SSSR count). The van der Waals surface area contributed by atoms with Crippen molar-refractivity contribution in [1.82, 2.24) is 5.32 Å². The van der Waals surface area contributed by atoms with Crippen molar-refractivity contribution in [2.24, 2.45) is 5.92 Å². The largest absolute Gasteiger partial charge is 0.482 e. The number of ether oxygens (including phenoxy) is 1. The summed E-state index contributed by atoms with van der Waals surface area (Å²) in [6.45, 7) is 1.98. The number of nitrogens with one attached hydrogen (secondary N) is 2. The van der Waals surface area contributed by atoms with E-state index in [0.717, 1.165) is 12.8 Å². The Morgan fingerprint density at radius 2 is 2.04 bits per heavy atom. The van der Waals surface area contributed by atoms with Gasteiger partial charge in [-0.25, -0.2) is 4.79 Å². The van der Waals surface area contributed by atoms with E-state index in [1.54, 1.807) is 12.1 Å². The number of fused-ring (bicyclic) bond motifs is 1. The molecule has 0 spiro atoms. The summed E-state index contributed by atoms with van der Waals surface area (Å²) in [5, 5.41) is 15.0. The van der Waals surface area contributed by atoms with Crippen LogP contribution < -0.4 is 15.4 Å². The number of amides is 2. The summed E-state index contributed by atoms with van der Waals surface area (Å²) in [7, 11) is 0. The first-order chi connectivity index (χ1) is 11.4. The van der Waals surface area contributed by atoms with E-state index in [-0.39, 0.29) is 12.5 Å². The summed E-state index contributed by atoms with van der Waals surface area (Å²) in [4.78, 5) is 35.5. The van der Waals surface area contributed by atoms with Gasteiger partial charge >= 0.3 is 5.97 Å². The smallest absolute Gasteiger partial charge is 0.329 e. The SMILES string of the molecule is CC1CCC(NC(=O)c2ccc3c(c2)OCC(=O)N3)(C(=O)O)CC1. The van der Waals surface area contributed by atoms with E-state index < -0.39 is 17.4 Å². The lowest BCUT2D eigenvalue weighted by Gasteiger charge is -2.36. The van der Waals surface area contributed by atoms with Crippen LogP contribution in [0.1, 0.15) is 43.0 Å². The summed E-state index contributed by atoms with van der Waals surface area (Å²) in [6.07, 6.45) is 2.39. The maximum Gasteiger partial charge on any atom is 0.329 e. The quantitative estimate of drug-likeness (QED) is 0.782. The number of aliphatic carboxylic acids is 1. The zero-order valence-corrected chi connectivity index (χ0v) is 13.4. The zero-order chi connectivity index (χ0) is 17.3. The van der Waals surface area contributed by atoms with Gasteiger partial charge in [-0.2, -0.15) is 0 Å². The molecule has 0 unspecified atom stereocenters. The van der Waals surface area contributed by atoms with Gasteiger partial charge in [0.25, 0.3) is 11.8 Å². The monoisotopic (exact) mass is 332 g/mol. The van der Waals surface area contributed by atoms with Crippen molar-refractivity contribution in [1.29, 1.82) is 0 Å². The highest BCUT2D eigenvalue weighted by Crippen LogP contribution is 2.33. The number of carbonyl (C=O) groups excluding carboxylic acids is 2. The van der Waals surface area contributed by atoms with Crippen molar-refractivity contribution in [3.05, 3.63) is 23.8 Å². The van der Waals surface area contributed by atoms with E-state index in [9.17, 15) is 19.5 Å². The van der Waals surface area contributed by atoms with Crippen LogP contribution in [-0.4, -0.2) is 35.0 Å². The van der Waals surface area contributed by atoms with Crippen molar-refractivity contribution in [3.63, 3.8) is 0 Å². The molecule has 1 aliphatic heterocycles. The van der Waals surface area contributed by atoms with Gasteiger partial charge in [-0.15, -0.1) is 0 Å². The van der Waals surface area contributed by atoms with Crippen molar-refractivity contribution >= 4 is 23.5 Å². The van der Waals surface area contributed by atoms with Crippen LogP contribution >= 0.6 is 0 Å². The summed E-state index contributed by atoms with van der Waals surface area (Å²) < 4.78 is 5.29. The lowest BCUT2D eigenvalue weighted by atomic mass is 9.77. The van der Waals surface area contributed by atoms with Crippen molar-refractivity contribution in [3.8, 4) is 5.75 Å². The van der Waals surface area contributed by atoms with E-state index in [1.807, 2.05) is 0 Å². The third-order valence-corrected chi connectivity index (χ3v) is 4.77. The molecule has 0 bridgehead atoms. The molecular formula is C17H20N2O5. The molecule has 7 heteroatoms. The Morgan fingerprint density at radius 3 is 2.71 bits per heavy atom. The molecule has 2 aliphatic rings. The molecule has 1 heterocycles. The van der Waals surface area contributed by atoms with Gasteiger partial charge in [0.2, 0.25) is 0 Å². The minimum atomic E-state index is -1.21. The molecule has 0 atom stereocenters. The topological polar surface area (TPSA) is 105 Å². The van der Waals surface area contributed by atoms with Crippen LogP contribution in [0, 0.1) is 5.92 Å². The predicted octanol–water partition coefficient (Wildman–Crippen LogP) is 1.78. The van der Waals surface area contributed by atoms with Crippen LogP contribution in [0.15, 0.2) is 18.2 Å². The van der Waals surface area contributed by atoms with Crippen LogP contribution in [0.2, 0.25) is 0 Å². The molecule has 24 heavy (non-hydrogen) atoms. The fourth-order valence-electron chi connectivity index (χ4n) is 3.15. The van der Waals surface area contributed by atoms with Gasteiger partial charge in [-0.1, -0.05) is 6.92 Å². The summed E-state index contributed by atoms with van der Waals surface area (Å²) in [6, 6.07) is 4.65. The van der Waals surface area contributed by atoms with E-state index in [2.05, 4.69) is 17.6 Å². The molecule has 2 amide bonds. The normalized spacial score (nSPS) is 25.9. The summed E-state index contributed by atoms with van der Waals surface area (Å²) >= 11 is 0. The fourth-order valence-corrected chi connectivity index (χ4v) is 3.15. The number of carboxylic acid groups (broad SMARTS) is 1. The Morgan fingerprint density at radius 1 is 1.33 bits per heavy atom. The van der Waals surface area contributed by atoms with Crippen LogP contribution in [0.4, 0.5) is 5.69 Å². The third-order valence-electron chi connectivity index (χ3n) is 4.77. The van der Waals surface area contributed by atoms with Gasteiger partial charge < -0.3 is 20.5 Å². The Bertz CT molecular complexity index is 692. The maximum atomic E-state index is 12.5. The van der Waals surface area contributed by atoms with E-state index in [4.69, 9.17) is 4.74 Å². The molecule has 0 saturated heterocycles. The van der Waals surface area contributed by atoms with Gasteiger partial charge in [-0.3, -0.25) is 9.59 Å². The molecule has 0 aromatic heterocycles. The Hall–Kier alpha value is -2.57. The second-order valence-electron chi connectivity index (χ2n) is 6.57. The molecule has 1 aliphatic carbocycles. The Labute approximate surface area is 139 Å². The number of rotatable bonds is 3. The molecule has 3 N–H and O–H groups in total. The standard InChI is InChI=1S/C17H20N2O5/c1-10-4-6-17(7-5-10,16(22)23)19-15(21)11-2-3-12-13(8-11)24-9-14(20)18-12/h2-3,8,10H,4-7,9H2,1H3,(H,18,20)(H,19,21)(H,22,23). The molecule has 1 saturated carbocycles. The van der Waals surface area contributed by atoms with Gasteiger partial charge in [-0.05, 0) is 49.8 Å². The number of carboxylic acids is 1. The average molecular weight is 332 g/mol. The van der Waals surface area contributed by atoms with E-state index in [1.165, 1.54) is 6.07 Å². The molecule has 1 fully saturated rings. The van der Waals surface area contributed by atoms with Crippen LogP contribution in [0.3, 0.4) is 0 Å². The first-order valence-corrected chi connectivity index (χ1v) is 8.02. The summed E-state index contributed by atoms with van der Waals surface area (Å²) in [5.74, 6) is -0.820. The molecule has 1 aromatic rings. The molecular weight excluding hydrogens is 312 g/mol. The number of hydrogen-bond donors (Lipinski definition) is 3. The van der Waals surface area contributed by atoms with Crippen molar-refractivity contribution in [2.45, 2.75) is 38.1 Å². The molecule has 1 aromatic carbocycles. The minimum absolute atomic E-state index is 0.102. The number of carbonyl (C=O) groups is 3. The van der Waals surface area contributed by atoms with Crippen LogP contribution in [0.5, 0.6) is 5.75 Å². The minimum Gasteiger partial charge on any atom is -0.482 e. The number of benzene rings is 1. The van der Waals surface area contributed by atoms with Gasteiger partial charge in [0.15, 0.2) is 6.61 Å². The molecule has 7 nitrogen and oxygen atoms in total. The van der Waals surface area contributed by atoms with Crippen molar-refractivity contribution < 1.29 is 24.2 Å². The number of anilines is 1. The maximum absolute atomic E-state index is 12.5. The van der Waals surface area contributed by atoms with Crippen LogP contribution in [0.25, 0.3) is 0 Å². The zero-order valence-electron chi connectivity index (χ0n) is 13.4. The highest BCUT2D eigenvalue weighted by Gasteiger charge is 2.42. The Kier molecular flexibility index (Phi) is 4.17. The molecule has 0 radical (unpaired) electrons. The predicted molar refractivity (Wildman–Crippen MR) is 86.0 cm³/mol. The van der Waals surface area contributed by atoms with Gasteiger partial charge in [0.1, 0.15) is 11.3 Å². The lowest BCUT2D eigenvalue weighted by Crippen LogP contribution is -2.56. The third kappa shape index (κ3) is 3.06. The van der Waals surface area contributed by atoms with Gasteiger partial charge in [0.05, 0.1) is 5.69 Å². The second kappa shape index (κ2) is 6.14. The average Bonchev–Trinajstić information content (AvgIpc) is 2.56. The first kappa shape index (κ1) is 16.3. The van der Waals surface area contributed by atoms with Crippen molar-refractivity contribution in [2.75, 3.05) is 11.9 Å². The fraction of sp³-hybridized carbons (Fsp3) is 0.471. The van der Waals surface area contributed by atoms with Crippen LogP contribution in [-0.2, 0) is 9.59 Å². The Balaban J connectivity index is 1.79.